The normalized spacial score (nSPS) is 10.9. The van der Waals surface area contributed by atoms with Gasteiger partial charge in [-0.15, -0.1) is 0 Å². The first-order valence-corrected chi connectivity index (χ1v) is 8.86. The first-order chi connectivity index (χ1) is 13.2. The average molecular weight is 356 g/mol. The number of hydrogen-bond acceptors (Lipinski definition) is 1. The smallest absolute Gasteiger partial charge is 0.345 e. The van der Waals surface area contributed by atoms with E-state index in [0.717, 1.165) is 44.7 Å². The Bertz CT molecular complexity index is 1130. The number of rotatable bonds is 5. The molecule has 0 saturated heterocycles. The van der Waals surface area contributed by atoms with Crippen LogP contribution in [0.25, 0.3) is 28.1 Å². The maximum absolute atomic E-state index is 14.1. The molecule has 3 nitrogen and oxygen atoms in total. The molecular weight excluding hydrogens is 336 g/mol. The van der Waals surface area contributed by atoms with Crippen LogP contribution in [0.5, 0.6) is 0 Å². The first-order valence-electron chi connectivity index (χ1n) is 8.86. The molecule has 2 N–H and O–H groups in total. The molecule has 2 aromatic heterocycles. The third-order valence-corrected chi connectivity index (χ3v) is 5.01. The average Bonchev–Trinajstić information content (AvgIpc) is 3.16. The minimum atomic E-state index is 0.615. The van der Waals surface area contributed by atoms with Crippen LogP contribution in [0.2, 0.25) is 0 Å². The number of hydrogen-bond donors (Lipinski definition) is 2. The van der Waals surface area contributed by atoms with Gasteiger partial charge in [0.1, 0.15) is 11.6 Å². The third-order valence-electron chi connectivity index (χ3n) is 5.01. The molecule has 0 saturated carbocycles. The van der Waals surface area contributed by atoms with Crippen LogP contribution in [0.4, 0.5) is 16.0 Å². The number of halogens is 1. The van der Waals surface area contributed by atoms with Gasteiger partial charge in [0.25, 0.3) is 0 Å². The van der Waals surface area contributed by atoms with Gasteiger partial charge in [-0.2, -0.15) is 0 Å². The van der Waals surface area contributed by atoms with Crippen molar-refractivity contribution < 1.29 is 4.32 Å². The van der Waals surface area contributed by atoms with E-state index in [9.17, 15) is 4.32 Å². The lowest BCUT2D eigenvalue weighted by atomic mass is 10.1. The number of H-pyrrole nitrogens is 1. The Balaban J connectivity index is 1.95. The lowest BCUT2D eigenvalue weighted by Gasteiger charge is -2.11. The van der Waals surface area contributed by atoms with Gasteiger partial charge in [-0.3, -0.25) is 0 Å². The van der Waals surface area contributed by atoms with Crippen molar-refractivity contribution in [2.75, 3.05) is 5.32 Å². The Hall–Kier alpha value is -3.21. The maximum Gasteiger partial charge on any atom is 0.496 e. The van der Waals surface area contributed by atoms with Gasteiger partial charge in [-0.05, 0) is 30.5 Å². The fourth-order valence-corrected chi connectivity index (χ4v) is 3.70. The summed E-state index contributed by atoms with van der Waals surface area (Å²) in [5.74, 6) is 1.53. The predicted molar refractivity (Wildman–Crippen MR) is 113 cm³/mol. The number of nitrogens with zero attached hydrogens (tertiary/aromatic N) is 1. The summed E-state index contributed by atoms with van der Waals surface area (Å²) in [5.41, 5.74) is 4.93. The van der Waals surface area contributed by atoms with Gasteiger partial charge in [0, 0.05) is 22.2 Å². The van der Waals surface area contributed by atoms with Crippen molar-refractivity contribution in [1.82, 2.24) is 9.46 Å². The second-order valence-corrected chi connectivity index (χ2v) is 6.57. The zero-order chi connectivity index (χ0) is 19.0. The highest BCUT2D eigenvalue weighted by Crippen LogP contribution is 2.38. The molecule has 0 fully saturated rings. The molecule has 0 bridgehead atoms. The number of anilines is 2. The summed E-state index contributed by atoms with van der Waals surface area (Å²) in [6.07, 6.45) is 1.83. The molecule has 0 aliphatic heterocycles. The number of nitrogens with one attached hydrogen (secondary N) is 2. The minimum absolute atomic E-state index is 0.615. The van der Waals surface area contributed by atoms with Crippen LogP contribution >= 0.6 is 0 Å². The number of benzene rings is 2. The fraction of sp³-hybridized carbons (Fsp3) is 0.0909. The van der Waals surface area contributed by atoms with E-state index >= 15 is 0 Å². The van der Waals surface area contributed by atoms with Crippen molar-refractivity contribution in [3.8, 4) is 11.3 Å². The standard InChI is InChI=1S/C22H20BFN3/c1-4-17-14(2)21(25-15(17)3)26-22-19-13-9-8-12-18(19)20(27(22)23-24)16-10-6-5-7-11-16/h4-13,25-26H,1H2,2-3H3. The molecule has 4 aromatic rings. The van der Waals surface area contributed by atoms with Crippen molar-refractivity contribution in [2.24, 2.45) is 0 Å². The quantitative estimate of drug-likeness (QED) is 0.423. The zero-order valence-corrected chi connectivity index (χ0v) is 15.4. The Morgan fingerprint density at radius 3 is 2.33 bits per heavy atom. The van der Waals surface area contributed by atoms with Crippen LogP contribution in [0.3, 0.4) is 0 Å². The molecule has 2 heterocycles. The largest absolute Gasteiger partial charge is 0.496 e. The van der Waals surface area contributed by atoms with Gasteiger partial charge in [0.2, 0.25) is 0 Å². The molecule has 4 rings (SSSR count). The molecule has 2 aromatic carbocycles. The Kier molecular flexibility index (Phi) is 4.36. The highest BCUT2D eigenvalue weighted by molar-refractivity contribution is 6.30. The molecule has 0 aliphatic carbocycles. The lowest BCUT2D eigenvalue weighted by molar-refractivity contribution is 0.839. The van der Waals surface area contributed by atoms with Crippen molar-refractivity contribution in [2.45, 2.75) is 13.8 Å². The van der Waals surface area contributed by atoms with Gasteiger partial charge >= 0.3 is 7.69 Å². The van der Waals surface area contributed by atoms with Crippen molar-refractivity contribution >= 4 is 36.2 Å². The van der Waals surface area contributed by atoms with Crippen molar-refractivity contribution in [3.05, 3.63) is 78.0 Å². The summed E-state index contributed by atoms with van der Waals surface area (Å²) in [5, 5.41) is 5.36. The molecule has 0 spiro atoms. The second kappa shape index (κ2) is 6.84. The fourth-order valence-electron chi connectivity index (χ4n) is 3.70. The van der Waals surface area contributed by atoms with E-state index in [1.807, 2.05) is 74.5 Å². The predicted octanol–water partition coefficient (Wildman–Crippen LogP) is 5.99. The topological polar surface area (TPSA) is 32.8 Å². The molecule has 0 aliphatic rings. The zero-order valence-electron chi connectivity index (χ0n) is 15.4. The summed E-state index contributed by atoms with van der Waals surface area (Å²) in [6.45, 7) is 7.91. The molecule has 0 unspecified atom stereocenters. The summed E-state index contributed by atoms with van der Waals surface area (Å²) >= 11 is 0. The minimum Gasteiger partial charge on any atom is -0.345 e. The molecular formula is C22H20BFN3. The summed E-state index contributed by atoms with van der Waals surface area (Å²) < 4.78 is 15.7. The Morgan fingerprint density at radius 1 is 1.04 bits per heavy atom. The van der Waals surface area contributed by atoms with E-state index < -0.39 is 0 Å². The van der Waals surface area contributed by atoms with Gasteiger partial charge < -0.3 is 19.1 Å². The highest BCUT2D eigenvalue weighted by Gasteiger charge is 2.20. The number of aryl methyl sites for hydroxylation is 1. The van der Waals surface area contributed by atoms with Crippen molar-refractivity contribution in [3.63, 3.8) is 0 Å². The second-order valence-electron chi connectivity index (χ2n) is 6.57. The van der Waals surface area contributed by atoms with Crippen LogP contribution in [0, 0.1) is 13.8 Å². The summed E-state index contributed by atoms with van der Waals surface area (Å²) in [4.78, 5) is 3.35. The van der Waals surface area contributed by atoms with E-state index in [4.69, 9.17) is 0 Å². The molecule has 133 valence electrons. The van der Waals surface area contributed by atoms with Gasteiger partial charge in [0.05, 0.1) is 0 Å². The van der Waals surface area contributed by atoms with Crippen LogP contribution in [-0.4, -0.2) is 17.2 Å². The van der Waals surface area contributed by atoms with E-state index in [0.29, 0.717) is 13.5 Å². The Labute approximate surface area is 158 Å². The number of fused-ring (bicyclic) bond motifs is 1. The van der Waals surface area contributed by atoms with Crippen molar-refractivity contribution in [1.29, 1.82) is 0 Å². The maximum atomic E-state index is 14.1. The van der Waals surface area contributed by atoms with E-state index in [-0.39, 0.29) is 0 Å². The summed E-state index contributed by atoms with van der Waals surface area (Å²) in [7, 11) is 0.615. The van der Waals surface area contributed by atoms with Crippen LogP contribution in [0.1, 0.15) is 16.8 Å². The van der Waals surface area contributed by atoms with Gasteiger partial charge in [0.15, 0.2) is 0 Å². The molecule has 1 radical (unpaired) electrons. The molecule has 5 heteroatoms. The van der Waals surface area contributed by atoms with Crippen LogP contribution in [-0.2, 0) is 0 Å². The summed E-state index contributed by atoms with van der Waals surface area (Å²) in [6, 6.07) is 17.8. The van der Waals surface area contributed by atoms with Crippen LogP contribution in [0.15, 0.2) is 61.2 Å². The van der Waals surface area contributed by atoms with Gasteiger partial charge in [-0.1, -0.05) is 67.3 Å². The first kappa shape index (κ1) is 17.2. The van der Waals surface area contributed by atoms with E-state index in [1.54, 1.807) is 4.48 Å². The number of aromatic amines is 1. The Morgan fingerprint density at radius 2 is 1.70 bits per heavy atom. The molecule has 27 heavy (non-hydrogen) atoms. The van der Waals surface area contributed by atoms with Gasteiger partial charge in [-0.25, -0.2) is 0 Å². The molecule has 0 amide bonds. The third kappa shape index (κ3) is 2.76. The highest BCUT2D eigenvalue weighted by atomic mass is 19.1. The molecule has 0 atom stereocenters. The monoisotopic (exact) mass is 356 g/mol. The van der Waals surface area contributed by atoms with E-state index in [2.05, 4.69) is 16.9 Å². The number of aromatic nitrogens is 2. The van der Waals surface area contributed by atoms with Crippen LogP contribution < -0.4 is 5.32 Å². The lowest BCUT2D eigenvalue weighted by Crippen LogP contribution is -2.08. The SMILES string of the molecule is C=Cc1c(C)[nH]c(Nc2c3ccccc3c(-c3ccccc3)n2[B]F)c1C. The van der Waals surface area contributed by atoms with E-state index in [1.165, 1.54) is 0 Å².